The van der Waals surface area contributed by atoms with Gasteiger partial charge in [0.25, 0.3) is 5.69 Å². The summed E-state index contributed by atoms with van der Waals surface area (Å²) in [5, 5.41) is 28.1. The first-order valence-electron chi connectivity index (χ1n) is 4.27. The first-order chi connectivity index (χ1) is 7.65. The Morgan fingerprint density at radius 1 is 1.50 bits per heavy atom. The van der Waals surface area contributed by atoms with Gasteiger partial charge in [0.05, 0.1) is 24.5 Å². The Morgan fingerprint density at radius 2 is 2.19 bits per heavy atom. The maximum Gasteiger partial charge on any atom is 0.290 e. The molecule has 0 aromatic heterocycles. The molecule has 0 heterocycles. The number of benzene rings is 1. The second-order valence-electron chi connectivity index (χ2n) is 2.86. The number of nitrogens with zero attached hydrogens (tertiary/aromatic N) is 3. The Bertz CT molecular complexity index is 511. The Kier molecular flexibility index (Phi) is 3.41. The molecule has 0 N–H and O–H groups in total. The van der Waals surface area contributed by atoms with E-state index in [1.807, 2.05) is 6.07 Å². The first-order valence-corrected chi connectivity index (χ1v) is 4.27. The fraction of sp³-hybridized carbons (Fsp3) is 0.200. The van der Waals surface area contributed by atoms with Crippen LogP contribution in [-0.4, -0.2) is 12.0 Å². The van der Waals surface area contributed by atoms with Crippen molar-refractivity contribution in [3.8, 4) is 17.9 Å². The van der Waals surface area contributed by atoms with Crippen molar-refractivity contribution >= 4 is 5.69 Å². The number of hydrogen-bond acceptors (Lipinski definition) is 5. The first kappa shape index (κ1) is 11.5. The number of rotatable bonds is 3. The van der Waals surface area contributed by atoms with Gasteiger partial charge in [0.2, 0.25) is 0 Å². The summed E-state index contributed by atoms with van der Waals surface area (Å²) in [5.74, 6) is 0.0956. The third-order valence-electron chi connectivity index (χ3n) is 2.00. The van der Waals surface area contributed by atoms with Crippen LogP contribution in [0, 0.1) is 32.8 Å². The number of nitro benzene ring substituents is 1. The Hall–Kier alpha value is -2.60. The lowest BCUT2D eigenvalue weighted by Crippen LogP contribution is -1.99. The van der Waals surface area contributed by atoms with Crippen LogP contribution in [0.3, 0.4) is 0 Å². The van der Waals surface area contributed by atoms with Crippen LogP contribution >= 0.6 is 0 Å². The maximum atomic E-state index is 10.7. The molecule has 0 aliphatic rings. The van der Waals surface area contributed by atoms with Gasteiger partial charge in [-0.25, -0.2) is 0 Å². The second kappa shape index (κ2) is 4.76. The summed E-state index contributed by atoms with van der Waals surface area (Å²) in [6.45, 7) is 0. The van der Waals surface area contributed by atoms with Crippen molar-refractivity contribution in [3.63, 3.8) is 0 Å². The lowest BCUT2D eigenvalue weighted by Gasteiger charge is -2.07. The molecule has 0 bridgehead atoms. The van der Waals surface area contributed by atoms with Crippen LogP contribution in [0.5, 0.6) is 5.75 Å². The van der Waals surface area contributed by atoms with Crippen molar-refractivity contribution in [1.82, 2.24) is 0 Å². The molecule has 0 saturated carbocycles. The van der Waals surface area contributed by atoms with E-state index in [4.69, 9.17) is 15.3 Å². The largest absolute Gasteiger partial charge is 0.495 e. The molecule has 16 heavy (non-hydrogen) atoms. The van der Waals surface area contributed by atoms with Gasteiger partial charge < -0.3 is 4.74 Å². The Morgan fingerprint density at radius 3 is 2.62 bits per heavy atom. The lowest BCUT2D eigenvalue weighted by atomic mass is 10.1. The molecule has 1 aromatic rings. The van der Waals surface area contributed by atoms with Crippen molar-refractivity contribution in [1.29, 1.82) is 10.5 Å². The molecule has 0 aliphatic heterocycles. The molecule has 0 spiro atoms. The van der Waals surface area contributed by atoms with Crippen molar-refractivity contribution in [2.75, 3.05) is 7.11 Å². The highest BCUT2D eigenvalue weighted by atomic mass is 16.6. The summed E-state index contributed by atoms with van der Waals surface area (Å²) < 4.78 is 4.93. The molecule has 0 amide bonds. The molecule has 0 atom stereocenters. The highest BCUT2D eigenvalue weighted by Gasteiger charge is 2.21. The third-order valence-corrected chi connectivity index (χ3v) is 2.00. The molecule has 0 unspecified atom stereocenters. The van der Waals surface area contributed by atoms with Crippen LogP contribution in [0.2, 0.25) is 0 Å². The summed E-state index contributed by atoms with van der Waals surface area (Å²) in [4.78, 5) is 10.00. The van der Waals surface area contributed by atoms with Crippen molar-refractivity contribution in [2.45, 2.75) is 6.42 Å². The molecule has 0 radical (unpaired) electrons. The summed E-state index contributed by atoms with van der Waals surface area (Å²) >= 11 is 0. The van der Waals surface area contributed by atoms with Crippen LogP contribution in [-0.2, 0) is 6.42 Å². The molecule has 0 aliphatic carbocycles. The van der Waals surface area contributed by atoms with E-state index in [0.717, 1.165) is 0 Å². The molecule has 0 saturated heterocycles. The molecule has 6 nitrogen and oxygen atoms in total. The van der Waals surface area contributed by atoms with Gasteiger partial charge >= 0.3 is 0 Å². The van der Waals surface area contributed by atoms with E-state index in [0.29, 0.717) is 5.56 Å². The van der Waals surface area contributed by atoms with E-state index in [1.54, 1.807) is 6.07 Å². The van der Waals surface area contributed by atoms with Crippen LogP contribution in [0.1, 0.15) is 11.1 Å². The van der Waals surface area contributed by atoms with Crippen LogP contribution in [0.15, 0.2) is 12.1 Å². The monoisotopic (exact) mass is 217 g/mol. The molecule has 1 aromatic carbocycles. The smallest absolute Gasteiger partial charge is 0.290 e. The van der Waals surface area contributed by atoms with Gasteiger partial charge in [-0.3, -0.25) is 10.1 Å². The highest BCUT2D eigenvalue weighted by Crippen LogP contribution is 2.31. The average Bonchev–Trinajstić information content (AvgIpc) is 2.28. The number of methoxy groups -OCH3 is 1. The van der Waals surface area contributed by atoms with E-state index in [1.165, 1.54) is 19.2 Å². The molecule has 0 fully saturated rings. The minimum absolute atomic E-state index is 0.0375. The Balaban J connectivity index is 3.48. The summed E-state index contributed by atoms with van der Waals surface area (Å²) in [6, 6.07) is 6.24. The standard InChI is InChI=1S/C10H7N3O3/c1-16-10-7(4-5-11)2-3-9(13(14)15)8(10)6-12/h2-3H,4H2,1H3. The number of nitriles is 2. The zero-order chi connectivity index (χ0) is 12.1. The minimum atomic E-state index is -0.656. The molecule has 80 valence electrons. The van der Waals surface area contributed by atoms with E-state index < -0.39 is 4.92 Å². The normalized spacial score (nSPS) is 8.94. The van der Waals surface area contributed by atoms with Gasteiger partial charge in [0, 0.05) is 11.6 Å². The summed E-state index contributed by atoms with van der Waals surface area (Å²) in [6.07, 6.45) is 0.0375. The van der Waals surface area contributed by atoms with E-state index in [9.17, 15) is 10.1 Å². The predicted molar refractivity (Wildman–Crippen MR) is 53.7 cm³/mol. The van der Waals surface area contributed by atoms with Gasteiger partial charge in [-0.2, -0.15) is 10.5 Å². The molecular formula is C10H7N3O3. The van der Waals surface area contributed by atoms with E-state index in [-0.39, 0.29) is 23.4 Å². The fourth-order valence-electron chi connectivity index (χ4n) is 1.33. The quantitative estimate of drug-likeness (QED) is 0.564. The highest BCUT2D eigenvalue weighted by molar-refractivity contribution is 5.60. The van der Waals surface area contributed by atoms with Crippen LogP contribution in [0.25, 0.3) is 0 Å². The molecule has 6 heteroatoms. The van der Waals surface area contributed by atoms with Crippen molar-refractivity contribution in [3.05, 3.63) is 33.4 Å². The third kappa shape index (κ3) is 1.91. The topological polar surface area (TPSA) is 99.9 Å². The van der Waals surface area contributed by atoms with Gasteiger partial charge in [0.1, 0.15) is 11.8 Å². The van der Waals surface area contributed by atoms with Gasteiger partial charge in [0.15, 0.2) is 5.56 Å². The summed E-state index contributed by atoms with van der Waals surface area (Å²) in [7, 11) is 1.31. The minimum Gasteiger partial charge on any atom is -0.495 e. The maximum absolute atomic E-state index is 10.7. The molecule has 1 rings (SSSR count). The Labute approximate surface area is 91.4 Å². The number of nitro groups is 1. The molecular weight excluding hydrogens is 210 g/mol. The van der Waals surface area contributed by atoms with Gasteiger partial charge in [-0.05, 0) is 6.07 Å². The fourth-order valence-corrected chi connectivity index (χ4v) is 1.33. The summed E-state index contributed by atoms with van der Waals surface area (Å²) in [5.41, 5.74) is -0.00607. The number of hydrogen-bond donors (Lipinski definition) is 0. The van der Waals surface area contributed by atoms with E-state index in [2.05, 4.69) is 0 Å². The SMILES string of the molecule is COc1c(CC#N)ccc([N+](=O)[O-])c1C#N. The second-order valence-corrected chi connectivity index (χ2v) is 2.86. The zero-order valence-electron chi connectivity index (χ0n) is 8.43. The van der Waals surface area contributed by atoms with Crippen molar-refractivity contribution in [2.24, 2.45) is 0 Å². The number of ether oxygens (including phenoxy) is 1. The average molecular weight is 217 g/mol. The lowest BCUT2D eigenvalue weighted by molar-refractivity contribution is -0.385. The van der Waals surface area contributed by atoms with Gasteiger partial charge in [-0.15, -0.1) is 0 Å². The van der Waals surface area contributed by atoms with Crippen molar-refractivity contribution < 1.29 is 9.66 Å². The van der Waals surface area contributed by atoms with Gasteiger partial charge in [-0.1, -0.05) is 0 Å². The van der Waals surface area contributed by atoms with Crippen LogP contribution in [0.4, 0.5) is 5.69 Å². The zero-order valence-corrected chi connectivity index (χ0v) is 8.43. The van der Waals surface area contributed by atoms with Crippen LogP contribution < -0.4 is 4.74 Å². The predicted octanol–water partition coefficient (Wildman–Crippen LogP) is 1.54. The van der Waals surface area contributed by atoms with E-state index >= 15 is 0 Å².